The van der Waals surface area contributed by atoms with E-state index in [0.29, 0.717) is 5.92 Å². The van der Waals surface area contributed by atoms with E-state index in [4.69, 9.17) is 11.6 Å². The minimum atomic E-state index is -0.376. The number of hydrogen-bond acceptors (Lipinski definition) is 1. The largest absolute Gasteiger partial charge is 0.385 e. The van der Waals surface area contributed by atoms with Crippen molar-refractivity contribution in [1.29, 1.82) is 0 Å². The number of rotatable bonds is 1. The lowest BCUT2D eigenvalue weighted by atomic mass is 9.93. The van der Waals surface area contributed by atoms with Gasteiger partial charge < -0.3 is 5.32 Å². The van der Waals surface area contributed by atoms with Gasteiger partial charge in [0.2, 0.25) is 0 Å². The molecule has 0 unspecified atom stereocenters. The first-order chi connectivity index (χ1) is 9.15. The van der Waals surface area contributed by atoms with Crippen molar-refractivity contribution in [3.05, 3.63) is 52.8 Å². The van der Waals surface area contributed by atoms with E-state index in [0.717, 1.165) is 29.8 Å². The van der Waals surface area contributed by atoms with Crippen LogP contribution in [0.5, 0.6) is 0 Å². The van der Waals surface area contributed by atoms with Crippen molar-refractivity contribution in [2.45, 2.75) is 13.3 Å². The second-order valence-electron chi connectivity index (χ2n) is 5.16. The lowest BCUT2D eigenvalue weighted by Crippen LogP contribution is -2.20. The minimum Gasteiger partial charge on any atom is -0.385 e. The van der Waals surface area contributed by atoms with Crippen LogP contribution in [0.4, 0.5) is 10.1 Å². The average Bonchev–Trinajstić information content (AvgIpc) is 2.41. The molecule has 0 saturated carbocycles. The Bertz CT molecular complexity index is 624. The van der Waals surface area contributed by atoms with Gasteiger partial charge in [0.05, 0.1) is 5.02 Å². The molecule has 1 atom stereocenters. The molecule has 0 bridgehead atoms. The number of fused-ring (bicyclic) bond motifs is 1. The quantitative estimate of drug-likeness (QED) is 0.792. The molecule has 1 aliphatic rings. The summed E-state index contributed by atoms with van der Waals surface area (Å²) >= 11 is 6.04. The maximum absolute atomic E-state index is 13.5. The molecule has 0 saturated heterocycles. The lowest BCUT2D eigenvalue weighted by molar-refractivity contribution is 0.595. The van der Waals surface area contributed by atoms with Gasteiger partial charge in [-0.3, -0.25) is 0 Å². The molecule has 98 valence electrons. The summed E-state index contributed by atoms with van der Waals surface area (Å²) in [6.07, 6.45) is 1.08. The molecule has 1 N–H and O–H groups in total. The number of hydrogen-bond donors (Lipinski definition) is 1. The Hall–Kier alpha value is -1.54. The van der Waals surface area contributed by atoms with Crippen LogP contribution in [0.3, 0.4) is 0 Å². The fraction of sp³-hybridized carbons (Fsp3) is 0.250. The zero-order valence-electron chi connectivity index (χ0n) is 10.7. The van der Waals surface area contributed by atoms with E-state index in [1.807, 2.05) is 12.1 Å². The van der Waals surface area contributed by atoms with Crippen LogP contribution in [0.1, 0.15) is 12.5 Å². The molecule has 0 radical (unpaired) electrons. The van der Waals surface area contributed by atoms with Gasteiger partial charge in [0.25, 0.3) is 0 Å². The molecule has 2 aromatic rings. The molecule has 19 heavy (non-hydrogen) atoms. The van der Waals surface area contributed by atoms with E-state index < -0.39 is 0 Å². The van der Waals surface area contributed by atoms with Crippen LogP contribution < -0.4 is 5.32 Å². The predicted octanol–water partition coefficient (Wildman–Crippen LogP) is 4.75. The first kappa shape index (κ1) is 12.5. The molecular weight excluding hydrogens is 261 g/mol. The smallest absolute Gasteiger partial charge is 0.142 e. The van der Waals surface area contributed by atoms with Crippen LogP contribution in [0.2, 0.25) is 5.02 Å². The Morgan fingerprint density at radius 3 is 2.95 bits per heavy atom. The van der Waals surface area contributed by atoms with E-state index in [9.17, 15) is 4.39 Å². The van der Waals surface area contributed by atoms with Gasteiger partial charge in [-0.1, -0.05) is 42.8 Å². The van der Waals surface area contributed by atoms with Crippen LogP contribution in [-0.4, -0.2) is 6.54 Å². The second kappa shape index (κ2) is 4.86. The molecule has 2 aromatic carbocycles. The van der Waals surface area contributed by atoms with Crippen molar-refractivity contribution in [2.75, 3.05) is 11.9 Å². The Balaban J connectivity index is 2.05. The summed E-state index contributed by atoms with van der Waals surface area (Å²) in [5.74, 6) is 0.273. The Morgan fingerprint density at radius 1 is 1.26 bits per heavy atom. The third-order valence-electron chi connectivity index (χ3n) is 3.58. The molecule has 0 aliphatic carbocycles. The topological polar surface area (TPSA) is 12.0 Å². The minimum absolute atomic E-state index is 0.187. The van der Waals surface area contributed by atoms with Crippen molar-refractivity contribution >= 4 is 17.3 Å². The van der Waals surface area contributed by atoms with Crippen molar-refractivity contribution in [3.8, 4) is 11.1 Å². The summed E-state index contributed by atoms with van der Waals surface area (Å²) in [6.45, 7) is 3.21. The van der Waals surface area contributed by atoms with Crippen molar-refractivity contribution in [2.24, 2.45) is 5.92 Å². The fourth-order valence-corrected chi connectivity index (χ4v) is 2.78. The highest BCUT2D eigenvalue weighted by Crippen LogP contribution is 2.34. The Morgan fingerprint density at radius 2 is 2.11 bits per heavy atom. The SMILES string of the molecule is C[C@H]1CNc2cc(-c3cccc(F)c3Cl)ccc2C1. The lowest BCUT2D eigenvalue weighted by Gasteiger charge is -2.24. The van der Waals surface area contributed by atoms with Crippen LogP contribution in [0.15, 0.2) is 36.4 Å². The van der Waals surface area contributed by atoms with Crippen LogP contribution >= 0.6 is 11.6 Å². The molecule has 1 aliphatic heterocycles. The summed E-state index contributed by atoms with van der Waals surface area (Å²) in [5, 5.41) is 3.61. The molecule has 0 fully saturated rings. The fourth-order valence-electron chi connectivity index (χ4n) is 2.55. The van der Waals surface area contributed by atoms with E-state index in [-0.39, 0.29) is 10.8 Å². The molecule has 3 heteroatoms. The maximum atomic E-state index is 13.5. The van der Waals surface area contributed by atoms with Gasteiger partial charge in [0.1, 0.15) is 5.82 Å². The molecule has 0 spiro atoms. The Labute approximate surface area is 117 Å². The number of halogens is 2. The summed E-state index contributed by atoms with van der Waals surface area (Å²) in [6, 6.07) is 11.1. The average molecular weight is 276 g/mol. The predicted molar refractivity (Wildman–Crippen MR) is 78.2 cm³/mol. The highest BCUT2D eigenvalue weighted by molar-refractivity contribution is 6.33. The van der Waals surface area contributed by atoms with Crippen LogP contribution in [0, 0.1) is 11.7 Å². The zero-order valence-corrected chi connectivity index (χ0v) is 11.5. The first-order valence-electron chi connectivity index (χ1n) is 6.46. The molecule has 0 aromatic heterocycles. The van der Waals surface area contributed by atoms with Gasteiger partial charge in [-0.15, -0.1) is 0 Å². The van der Waals surface area contributed by atoms with E-state index in [1.54, 1.807) is 6.07 Å². The van der Waals surface area contributed by atoms with Gasteiger partial charge >= 0.3 is 0 Å². The second-order valence-corrected chi connectivity index (χ2v) is 5.54. The van der Waals surface area contributed by atoms with Gasteiger partial charge in [0, 0.05) is 17.8 Å². The molecule has 1 heterocycles. The van der Waals surface area contributed by atoms with Crippen LogP contribution in [-0.2, 0) is 6.42 Å². The zero-order chi connectivity index (χ0) is 13.4. The summed E-state index contributed by atoms with van der Waals surface area (Å²) in [5.41, 5.74) is 4.14. The van der Waals surface area contributed by atoms with Gasteiger partial charge in [-0.25, -0.2) is 4.39 Å². The molecule has 0 amide bonds. The van der Waals surface area contributed by atoms with E-state index in [2.05, 4.69) is 24.4 Å². The maximum Gasteiger partial charge on any atom is 0.142 e. The summed E-state index contributed by atoms with van der Waals surface area (Å²) < 4.78 is 13.5. The van der Waals surface area contributed by atoms with Crippen molar-refractivity contribution in [3.63, 3.8) is 0 Å². The Kier molecular flexibility index (Phi) is 3.19. The number of anilines is 1. The van der Waals surface area contributed by atoms with Gasteiger partial charge in [0.15, 0.2) is 0 Å². The van der Waals surface area contributed by atoms with E-state index >= 15 is 0 Å². The van der Waals surface area contributed by atoms with Crippen molar-refractivity contribution < 1.29 is 4.39 Å². The third-order valence-corrected chi connectivity index (χ3v) is 3.97. The summed E-state index contributed by atoms with van der Waals surface area (Å²) in [7, 11) is 0. The molecule has 3 rings (SSSR count). The monoisotopic (exact) mass is 275 g/mol. The highest BCUT2D eigenvalue weighted by Gasteiger charge is 2.16. The van der Waals surface area contributed by atoms with Gasteiger partial charge in [-0.05, 0) is 35.6 Å². The molecule has 1 nitrogen and oxygen atoms in total. The normalized spacial score (nSPS) is 17.7. The van der Waals surface area contributed by atoms with Crippen LogP contribution in [0.25, 0.3) is 11.1 Å². The molecular formula is C16H15ClFN. The number of nitrogens with one attached hydrogen (secondary N) is 1. The standard InChI is InChI=1S/C16H15ClFN/c1-10-7-12-6-5-11(8-15(12)19-9-10)13-3-2-4-14(18)16(13)17/h2-6,8,10,19H,7,9H2,1H3/t10-/m1/s1. The third kappa shape index (κ3) is 2.33. The van der Waals surface area contributed by atoms with E-state index in [1.165, 1.54) is 11.6 Å². The van der Waals surface area contributed by atoms with Crippen molar-refractivity contribution in [1.82, 2.24) is 0 Å². The highest BCUT2D eigenvalue weighted by atomic mass is 35.5. The van der Waals surface area contributed by atoms with Gasteiger partial charge in [-0.2, -0.15) is 0 Å². The first-order valence-corrected chi connectivity index (χ1v) is 6.84. The summed E-state index contributed by atoms with van der Waals surface area (Å²) in [4.78, 5) is 0. The number of benzene rings is 2.